The number of pyridine rings is 1. The van der Waals surface area contributed by atoms with Crippen molar-refractivity contribution in [2.45, 2.75) is 6.42 Å². The molecule has 0 radical (unpaired) electrons. The number of aromatic nitrogens is 3. The van der Waals surface area contributed by atoms with Gasteiger partial charge in [0.1, 0.15) is 5.52 Å². The van der Waals surface area contributed by atoms with Crippen molar-refractivity contribution in [1.82, 2.24) is 15.2 Å². The summed E-state index contributed by atoms with van der Waals surface area (Å²) in [5.41, 5.74) is 0.892. The van der Waals surface area contributed by atoms with E-state index in [0.717, 1.165) is 31.9 Å². The number of hydrogen-bond acceptors (Lipinski definition) is 5. The van der Waals surface area contributed by atoms with Crippen molar-refractivity contribution < 1.29 is 4.39 Å². The average Bonchev–Trinajstić information content (AvgIpc) is 2.90. The number of hydrogen-bond donors (Lipinski definition) is 0. The fourth-order valence-electron chi connectivity index (χ4n) is 3.23. The molecule has 4 rings (SSSR count). The molecule has 3 aromatic rings. The van der Waals surface area contributed by atoms with Crippen LogP contribution in [0.5, 0.6) is 0 Å². The Morgan fingerprint density at radius 3 is 2.64 bits per heavy atom. The standard InChI is InChI=1S/C18H17ClFN5/c19-14-6-8-21-18-13(14)4-5-15(17(18)20)24-9-2-10-25(12-11-24)16-3-1-7-22-23-16/h1,3-8H,2,9-12H2. The van der Waals surface area contributed by atoms with E-state index in [-0.39, 0.29) is 5.82 Å². The Morgan fingerprint density at radius 1 is 0.960 bits per heavy atom. The fraction of sp³-hybridized carbons (Fsp3) is 0.278. The van der Waals surface area contributed by atoms with Crippen LogP contribution in [0, 0.1) is 5.82 Å². The van der Waals surface area contributed by atoms with Crippen LogP contribution >= 0.6 is 11.6 Å². The molecule has 0 atom stereocenters. The summed E-state index contributed by atoms with van der Waals surface area (Å²) < 4.78 is 15.0. The van der Waals surface area contributed by atoms with Crippen molar-refractivity contribution >= 4 is 34.0 Å². The molecule has 3 heterocycles. The minimum absolute atomic E-state index is 0.312. The summed E-state index contributed by atoms with van der Waals surface area (Å²) in [6, 6.07) is 9.14. The Balaban J connectivity index is 1.60. The van der Waals surface area contributed by atoms with E-state index < -0.39 is 0 Å². The zero-order valence-corrected chi connectivity index (χ0v) is 14.3. The fourth-order valence-corrected chi connectivity index (χ4v) is 3.44. The minimum Gasteiger partial charge on any atom is -0.367 e. The van der Waals surface area contributed by atoms with Gasteiger partial charge < -0.3 is 9.80 Å². The van der Waals surface area contributed by atoms with Crippen LogP contribution in [0.25, 0.3) is 10.9 Å². The highest BCUT2D eigenvalue weighted by Crippen LogP contribution is 2.30. The second-order valence-corrected chi connectivity index (χ2v) is 6.40. The third kappa shape index (κ3) is 3.09. The number of fused-ring (bicyclic) bond motifs is 1. The van der Waals surface area contributed by atoms with E-state index in [1.54, 1.807) is 18.3 Å². The largest absolute Gasteiger partial charge is 0.367 e. The monoisotopic (exact) mass is 357 g/mol. The summed E-state index contributed by atoms with van der Waals surface area (Å²) in [4.78, 5) is 8.41. The first kappa shape index (κ1) is 16.0. The first-order chi connectivity index (χ1) is 12.2. The second kappa shape index (κ2) is 6.80. The first-order valence-corrected chi connectivity index (χ1v) is 8.62. The van der Waals surface area contributed by atoms with Gasteiger partial charge in [0.25, 0.3) is 0 Å². The average molecular weight is 358 g/mol. The molecule has 1 aliphatic rings. The molecule has 1 fully saturated rings. The Morgan fingerprint density at radius 2 is 1.80 bits per heavy atom. The van der Waals surface area contributed by atoms with Crippen molar-refractivity contribution in [3.8, 4) is 0 Å². The molecule has 0 bridgehead atoms. The van der Waals surface area contributed by atoms with Crippen LogP contribution in [-0.2, 0) is 0 Å². The zero-order valence-electron chi connectivity index (χ0n) is 13.6. The van der Waals surface area contributed by atoms with Crippen LogP contribution in [0.3, 0.4) is 0 Å². The van der Waals surface area contributed by atoms with E-state index >= 15 is 0 Å². The molecule has 0 aliphatic carbocycles. The third-order valence-corrected chi connectivity index (χ3v) is 4.83. The summed E-state index contributed by atoms with van der Waals surface area (Å²) in [5, 5.41) is 9.26. The number of halogens is 2. The van der Waals surface area contributed by atoms with Crippen LogP contribution in [0.4, 0.5) is 15.9 Å². The van der Waals surface area contributed by atoms with E-state index in [9.17, 15) is 4.39 Å². The topological polar surface area (TPSA) is 45.2 Å². The van der Waals surface area contributed by atoms with Crippen LogP contribution in [0.1, 0.15) is 6.42 Å². The van der Waals surface area contributed by atoms with Gasteiger partial charge in [-0.1, -0.05) is 11.6 Å². The molecular weight excluding hydrogens is 341 g/mol. The number of benzene rings is 1. The predicted molar refractivity (Wildman–Crippen MR) is 97.8 cm³/mol. The van der Waals surface area contributed by atoms with Gasteiger partial charge in [-0.25, -0.2) is 4.39 Å². The molecule has 0 unspecified atom stereocenters. The number of rotatable bonds is 2. The van der Waals surface area contributed by atoms with E-state index in [1.165, 1.54) is 6.20 Å². The lowest BCUT2D eigenvalue weighted by Gasteiger charge is -2.24. The Hall–Kier alpha value is -2.47. The smallest absolute Gasteiger partial charge is 0.172 e. The summed E-state index contributed by atoms with van der Waals surface area (Å²) >= 11 is 6.14. The Kier molecular flexibility index (Phi) is 4.36. The van der Waals surface area contributed by atoms with Gasteiger partial charge >= 0.3 is 0 Å². The molecule has 128 valence electrons. The van der Waals surface area contributed by atoms with Crippen LogP contribution in [0.2, 0.25) is 5.02 Å². The maximum absolute atomic E-state index is 15.0. The summed E-state index contributed by atoms with van der Waals surface area (Å²) in [7, 11) is 0. The summed E-state index contributed by atoms with van der Waals surface area (Å²) in [5.74, 6) is 0.546. The summed E-state index contributed by atoms with van der Waals surface area (Å²) in [6.07, 6.45) is 4.11. The first-order valence-electron chi connectivity index (χ1n) is 8.24. The van der Waals surface area contributed by atoms with Gasteiger partial charge in [-0.2, -0.15) is 5.10 Å². The Labute approximate surface area is 150 Å². The van der Waals surface area contributed by atoms with Crippen molar-refractivity contribution in [2.75, 3.05) is 36.0 Å². The SMILES string of the molecule is Fc1c(N2CCCN(c3cccnn3)CC2)ccc2c(Cl)ccnc12. The minimum atomic E-state index is -0.312. The van der Waals surface area contributed by atoms with Crippen LogP contribution < -0.4 is 9.80 Å². The third-order valence-electron chi connectivity index (χ3n) is 4.50. The molecule has 0 N–H and O–H groups in total. The molecule has 2 aromatic heterocycles. The lowest BCUT2D eigenvalue weighted by Crippen LogP contribution is -2.31. The van der Waals surface area contributed by atoms with Gasteiger partial charge in [0.05, 0.1) is 10.7 Å². The summed E-state index contributed by atoms with van der Waals surface area (Å²) in [6.45, 7) is 3.12. The molecule has 7 heteroatoms. The molecule has 25 heavy (non-hydrogen) atoms. The highest BCUT2D eigenvalue weighted by molar-refractivity contribution is 6.35. The van der Waals surface area contributed by atoms with E-state index in [1.807, 2.05) is 18.2 Å². The van der Waals surface area contributed by atoms with Crippen molar-refractivity contribution in [2.24, 2.45) is 0 Å². The van der Waals surface area contributed by atoms with Gasteiger partial charge in [-0.05, 0) is 36.8 Å². The maximum Gasteiger partial charge on any atom is 0.172 e. The Bertz CT molecular complexity index is 889. The number of anilines is 2. The van der Waals surface area contributed by atoms with Gasteiger partial charge in [0.15, 0.2) is 11.6 Å². The maximum atomic E-state index is 15.0. The quantitative estimate of drug-likeness (QED) is 0.702. The predicted octanol–water partition coefficient (Wildman–Crippen LogP) is 3.53. The van der Waals surface area contributed by atoms with Crippen molar-refractivity contribution in [3.63, 3.8) is 0 Å². The van der Waals surface area contributed by atoms with E-state index in [2.05, 4.69) is 25.0 Å². The lowest BCUT2D eigenvalue weighted by molar-refractivity contribution is 0.627. The molecule has 0 amide bonds. The molecule has 1 aromatic carbocycles. The molecule has 0 spiro atoms. The van der Waals surface area contributed by atoms with E-state index in [4.69, 9.17) is 11.6 Å². The normalized spacial score (nSPS) is 15.4. The molecule has 1 saturated heterocycles. The zero-order chi connectivity index (χ0) is 17.2. The molecule has 0 saturated carbocycles. The highest BCUT2D eigenvalue weighted by atomic mass is 35.5. The van der Waals surface area contributed by atoms with Crippen LogP contribution in [0.15, 0.2) is 42.7 Å². The van der Waals surface area contributed by atoms with Crippen molar-refractivity contribution in [3.05, 3.63) is 53.6 Å². The van der Waals surface area contributed by atoms with Gasteiger partial charge in [-0.15, -0.1) is 5.10 Å². The van der Waals surface area contributed by atoms with Crippen LogP contribution in [-0.4, -0.2) is 41.4 Å². The molecular formula is C18H17ClFN5. The van der Waals surface area contributed by atoms with Gasteiger partial charge in [0.2, 0.25) is 0 Å². The lowest BCUT2D eigenvalue weighted by atomic mass is 10.1. The number of nitrogens with zero attached hydrogens (tertiary/aromatic N) is 5. The van der Waals surface area contributed by atoms with Gasteiger partial charge in [0, 0.05) is 44.0 Å². The molecule has 1 aliphatic heterocycles. The van der Waals surface area contributed by atoms with E-state index in [0.29, 0.717) is 28.2 Å². The van der Waals surface area contributed by atoms with Gasteiger partial charge in [-0.3, -0.25) is 4.98 Å². The van der Waals surface area contributed by atoms with Crippen molar-refractivity contribution in [1.29, 1.82) is 0 Å². The second-order valence-electron chi connectivity index (χ2n) is 6.00. The molecule has 5 nitrogen and oxygen atoms in total. The highest BCUT2D eigenvalue weighted by Gasteiger charge is 2.20.